The fraction of sp³-hybridized carbons (Fsp3) is 0.120. The van der Waals surface area contributed by atoms with Crippen molar-refractivity contribution in [3.63, 3.8) is 0 Å². The lowest BCUT2D eigenvalue weighted by Crippen LogP contribution is -2.35. The van der Waals surface area contributed by atoms with Crippen molar-refractivity contribution in [3.05, 3.63) is 97.1 Å². The molecule has 0 aliphatic carbocycles. The highest BCUT2D eigenvalue weighted by Gasteiger charge is 2.34. The molecule has 35 heavy (non-hydrogen) atoms. The fourth-order valence-electron chi connectivity index (χ4n) is 3.43. The van der Waals surface area contributed by atoms with Crippen LogP contribution in [0.15, 0.2) is 72.3 Å². The van der Waals surface area contributed by atoms with E-state index in [2.05, 4.69) is 28.0 Å². The number of nitro groups is 1. The smallest absolute Gasteiger partial charge is 0.282 e. The molecule has 0 bridgehead atoms. The van der Waals surface area contributed by atoms with Gasteiger partial charge >= 0.3 is 0 Å². The standard InChI is InChI=1S/C25H20IN3O6/c1-2-34-22-14-17(12-20-24(30)27-28(25(20)31)18-6-4-3-5-7-18)13-21(26)23(22)35-15-16-8-10-19(11-9-16)29(32)33/h3-14H,2,15H2,1H3,(H,27,30)/b20-12-. The summed E-state index contributed by atoms with van der Waals surface area (Å²) in [5.41, 5.74) is 4.52. The Morgan fingerprint density at radius 2 is 1.77 bits per heavy atom. The second-order valence-corrected chi connectivity index (χ2v) is 8.61. The molecule has 3 aromatic rings. The number of nitro benzene ring substituents is 1. The number of nitrogens with one attached hydrogen (secondary N) is 1. The van der Waals surface area contributed by atoms with E-state index in [1.165, 1.54) is 23.2 Å². The van der Waals surface area contributed by atoms with Gasteiger partial charge in [0.15, 0.2) is 11.5 Å². The normalized spacial score (nSPS) is 14.2. The first-order valence-corrected chi connectivity index (χ1v) is 11.7. The molecule has 178 valence electrons. The van der Waals surface area contributed by atoms with Crippen LogP contribution in [0.25, 0.3) is 6.08 Å². The average Bonchev–Trinajstić information content (AvgIpc) is 3.13. The Labute approximate surface area is 214 Å². The number of carbonyl (C=O) groups excluding carboxylic acids is 2. The van der Waals surface area contributed by atoms with Gasteiger partial charge in [0.25, 0.3) is 17.5 Å². The first-order chi connectivity index (χ1) is 16.9. The lowest BCUT2D eigenvalue weighted by atomic mass is 10.1. The third kappa shape index (κ3) is 5.43. The Balaban J connectivity index is 1.58. The Bertz CT molecular complexity index is 1310. The number of anilines is 1. The van der Waals surface area contributed by atoms with Crippen molar-refractivity contribution < 1.29 is 24.0 Å². The predicted molar refractivity (Wildman–Crippen MR) is 138 cm³/mol. The molecule has 0 saturated carbocycles. The van der Waals surface area contributed by atoms with Crippen molar-refractivity contribution in [2.24, 2.45) is 0 Å². The second-order valence-electron chi connectivity index (χ2n) is 7.45. The molecule has 1 aliphatic rings. The molecule has 0 atom stereocenters. The molecule has 0 radical (unpaired) electrons. The summed E-state index contributed by atoms with van der Waals surface area (Å²) in [5, 5.41) is 12.1. The molecule has 1 N–H and O–H groups in total. The SMILES string of the molecule is CCOc1cc(/C=C2/C(=O)NN(c3ccccc3)C2=O)cc(I)c1OCc1ccc([N+](=O)[O-])cc1. The Morgan fingerprint density at radius 3 is 2.43 bits per heavy atom. The quantitative estimate of drug-likeness (QED) is 0.136. The number of hydrogen-bond acceptors (Lipinski definition) is 6. The molecule has 4 rings (SSSR count). The summed E-state index contributed by atoms with van der Waals surface area (Å²) in [4.78, 5) is 35.8. The van der Waals surface area contributed by atoms with E-state index in [1.807, 2.05) is 13.0 Å². The van der Waals surface area contributed by atoms with Crippen LogP contribution in [0, 0.1) is 13.7 Å². The number of hydrogen-bond donors (Lipinski definition) is 1. The van der Waals surface area contributed by atoms with Crippen LogP contribution in [0.3, 0.4) is 0 Å². The number of halogens is 1. The maximum atomic E-state index is 12.9. The first kappa shape index (κ1) is 24.2. The summed E-state index contributed by atoms with van der Waals surface area (Å²) in [7, 11) is 0. The highest BCUT2D eigenvalue weighted by molar-refractivity contribution is 14.1. The van der Waals surface area contributed by atoms with Crippen molar-refractivity contribution in [1.82, 2.24) is 5.43 Å². The number of amides is 2. The number of benzene rings is 3. The van der Waals surface area contributed by atoms with Crippen LogP contribution in [-0.2, 0) is 16.2 Å². The third-order valence-corrected chi connectivity index (χ3v) is 5.88. The molecule has 1 aliphatic heterocycles. The van der Waals surface area contributed by atoms with E-state index < -0.39 is 16.7 Å². The first-order valence-electron chi connectivity index (χ1n) is 10.6. The van der Waals surface area contributed by atoms with Gasteiger partial charge in [0.2, 0.25) is 0 Å². The minimum atomic E-state index is -0.495. The zero-order valence-electron chi connectivity index (χ0n) is 18.6. The van der Waals surface area contributed by atoms with Crippen LogP contribution in [0.2, 0.25) is 0 Å². The molecule has 0 unspecified atom stereocenters. The largest absolute Gasteiger partial charge is 0.490 e. The molecule has 10 heteroatoms. The van der Waals surface area contributed by atoms with Crippen molar-refractivity contribution in [1.29, 1.82) is 0 Å². The van der Waals surface area contributed by atoms with Gasteiger partial charge in [0.05, 0.1) is 20.8 Å². The van der Waals surface area contributed by atoms with Gasteiger partial charge in [0, 0.05) is 12.1 Å². The Hall–Kier alpha value is -3.93. The van der Waals surface area contributed by atoms with Gasteiger partial charge in [-0.2, -0.15) is 0 Å². The van der Waals surface area contributed by atoms with E-state index in [1.54, 1.807) is 48.5 Å². The number of ether oxygens (including phenoxy) is 2. The third-order valence-electron chi connectivity index (χ3n) is 5.08. The van der Waals surface area contributed by atoms with Crippen LogP contribution in [0.1, 0.15) is 18.1 Å². The van der Waals surface area contributed by atoms with Gasteiger partial charge in [-0.05, 0) is 83.1 Å². The fourth-order valence-corrected chi connectivity index (χ4v) is 4.21. The van der Waals surface area contributed by atoms with E-state index in [9.17, 15) is 19.7 Å². The minimum absolute atomic E-state index is 0.00616. The van der Waals surface area contributed by atoms with Crippen LogP contribution in [0.5, 0.6) is 11.5 Å². The van der Waals surface area contributed by atoms with E-state index in [-0.39, 0.29) is 17.9 Å². The summed E-state index contributed by atoms with van der Waals surface area (Å²) >= 11 is 2.10. The predicted octanol–water partition coefficient (Wildman–Crippen LogP) is 4.64. The minimum Gasteiger partial charge on any atom is -0.490 e. The molecular weight excluding hydrogens is 565 g/mol. The summed E-state index contributed by atoms with van der Waals surface area (Å²) < 4.78 is 12.4. The zero-order chi connectivity index (χ0) is 24.9. The van der Waals surface area contributed by atoms with Gasteiger partial charge in [-0.15, -0.1) is 0 Å². The number of para-hydroxylation sites is 1. The van der Waals surface area contributed by atoms with Crippen LogP contribution >= 0.6 is 22.6 Å². The second kappa shape index (κ2) is 10.6. The van der Waals surface area contributed by atoms with Crippen molar-refractivity contribution in [3.8, 4) is 11.5 Å². The van der Waals surface area contributed by atoms with Gasteiger partial charge in [-0.25, -0.2) is 5.01 Å². The van der Waals surface area contributed by atoms with Gasteiger partial charge in [-0.3, -0.25) is 25.1 Å². The van der Waals surface area contributed by atoms with Crippen LogP contribution in [-0.4, -0.2) is 23.3 Å². The van der Waals surface area contributed by atoms with Crippen LogP contribution in [0.4, 0.5) is 11.4 Å². The summed E-state index contributed by atoms with van der Waals surface area (Å²) in [5.74, 6) is 0.0120. The molecule has 9 nitrogen and oxygen atoms in total. The summed E-state index contributed by atoms with van der Waals surface area (Å²) in [6, 6.07) is 18.4. The van der Waals surface area contributed by atoms with E-state index >= 15 is 0 Å². The molecule has 0 aromatic heterocycles. The average molecular weight is 585 g/mol. The Morgan fingerprint density at radius 1 is 1.06 bits per heavy atom. The monoisotopic (exact) mass is 585 g/mol. The van der Waals surface area contributed by atoms with E-state index in [0.29, 0.717) is 32.9 Å². The maximum Gasteiger partial charge on any atom is 0.282 e. The maximum absolute atomic E-state index is 12.9. The number of rotatable bonds is 8. The van der Waals surface area contributed by atoms with Gasteiger partial charge in [0.1, 0.15) is 12.2 Å². The summed E-state index contributed by atoms with van der Waals surface area (Å²) in [6.07, 6.45) is 1.52. The van der Waals surface area contributed by atoms with Gasteiger partial charge in [-0.1, -0.05) is 18.2 Å². The molecular formula is C25H20IN3O6. The van der Waals surface area contributed by atoms with E-state index in [4.69, 9.17) is 9.47 Å². The number of hydrazine groups is 1. The number of nitrogens with zero attached hydrogens (tertiary/aromatic N) is 2. The van der Waals surface area contributed by atoms with Crippen molar-refractivity contribution >= 4 is 51.9 Å². The highest BCUT2D eigenvalue weighted by Crippen LogP contribution is 2.36. The lowest BCUT2D eigenvalue weighted by Gasteiger charge is -2.15. The lowest BCUT2D eigenvalue weighted by molar-refractivity contribution is -0.384. The zero-order valence-corrected chi connectivity index (χ0v) is 20.7. The molecule has 1 fully saturated rings. The van der Waals surface area contributed by atoms with Crippen molar-refractivity contribution in [2.45, 2.75) is 13.5 Å². The van der Waals surface area contributed by atoms with Crippen molar-refractivity contribution in [2.75, 3.05) is 11.6 Å². The number of carbonyl (C=O) groups is 2. The summed E-state index contributed by atoms with van der Waals surface area (Å²) in [6.45, 7) is 2.40. The highest BCUT2D eigenvalue weighted by atomic mass is 127. The molecule has 0 spiro atoms. The van der Waals surface area contributed by atoms with E-state index in [0.717, 1.165) is 5.56 Å². The topological polar surface area (TPSA) is 111 Å². The molecule has 1 saturated heterocycles. The number of non-ortho nitro benzene ring substituents is 1. The van der Waals surface area contributed by atoms with Crippen LogP contribution < -0.4 is 19.9 Å². The van der Waals surface area contributed by atoms with Gasteiger partial charge < -0.3 is 9.47 Å². The molecule has 1 heterocycles. The Kier molecular flexibility index (Phi) is 7.30. The molecule has 3 aromatic carbocycles. The molecule has 2 amide bonds.